The third kappa shape index (κ3) is 3.21. The van der Waals surface area contributed by atoms with Gasteiger partial charge < -0.3 is 14.9 Å². The van der Waals surface area contributed by atoms with Crippen molar-refractivity contribution in [2.45, 2.75) is 18.6 Å². The third-order valence-electron chi connectivity index (χ3n) is 2.41. The molecule has 0 saturated carbocycles. The first-order valence-corrected chi connectivity index (χ1v) is 5.05. The standard InChI is InChI=1S/C11H10F4O4/c1-19-7(17)3-6(16)11(18)8-9(14)4(12)2-5(13)10(8)15/h2,6,11,16,18H,3H2,1H3. The van der Waals surface area contributed by atoms with E-state index in [0.717, 1.165) is 7.11 Å². The van der Waals surface area contributed by atoms with E-state index < -0.39 is 53.4 Å². The molecule has 0 bridgehead atoms. The lowest BCUT2D eigenvalue weighted by Gasteiger charge is -2.18. The van der Waals surface area contributed by atoms with Crippen molar-refractivity contribution in [1.29, 1.82) is 0 Å². The molecule has 4 nitrogen and oxygen atoms in total. The molecule has 1 aromatic rings. The van der Waals surface area contributed by atoms with Crippen LogP contribution in [-0.2, 0) is 9.53 Å². The topological polar surface area (TPSA) is 66.8 Å². The van der Waals surface area contributed by atoms with Gasteiger partial charge in [-0.3, -0.25) is 4.79 Å². The zero-order chi connectivity index (χ0) is 14.7. The van der Waals surface area contributed by atoms with Crippen molar-refractivity contribution < 1.29 is 37.3 Å². The lowest BCUT2D eigenvalue weighted by molar-refractivity contribution is -0.144. The van der Waals surface area contributed by atoms with Gasteiger partial charge in [0.25, 0.3) is 0 Å². The van der Waals surface area contributed by atoms with Crippen molar-refractivity contribution >= 4 is 5.97 Å². The van der Waals surface area contributed by atoms with Crippen molar-refractivity contribution in [3.63, 3.8) is 0 Å². The molecule has 0 aliphatic heterocycles. The molecule has 0 aliphatic carbocycles. The largest absolute Gasteiger partial charge is 0.469 e. The van der Waals surface area contributed by atoms with Crippen molar-refractivity contribution in [3.05, 3.63) is 34.9 Å². The Bertz CT molecular complexity index is 466. The fourth-order valence-corrected chi connectivity index (χ4v) is 1.41. The first-order valence-electron chi connectivity index (χ1n) is 5.05. The van der Waals surface area contributed by atoms with Gasteiger partial charge in [0, 0.05) is 6.07 Å². The van der Waals surface area contributed by atoms with E-state index in [9.17, 15) is 32.6 Å². The Morgan fingerprint density at radius 2 is 1.68 bits per heavy atom. The predicted octanol–water partition coefficient (Wildman–Crippen LogP) is 1.20. The summed E-state index contributed by atoms with van der Waals surface area (Å²) in [5.41, 5.74) is -1.38. The molecule has 0 saturated heterocycles. The second-order valence-electron chi connectivity index (χ2n) is 3.67. The molecule has 0 radical (unpaired) electrons. The fraction of sp³-hybridized carbons (Fsp3) is 0.364. The highest BCUT2D eigenvalue weighted by Gasteiger charge is 2.30. The van der Waals surface area contributed by atoms with Gasteiger partial charge in [0.2, 0.25) is 0 Å². The lowest BCUT2D eigenvalue weighted by atomic mass is 10.0. The fourth-order valence-electron chi connectivity index (χ4n) is 1.41. The molecule has 2 N–H and O–H groups in total. The molecule has 1 rings (SSSR count). The molecule has 0 aromatic heterocycles. The number of carbonyl (C=O) groups excluding carboxylic acids is 1. The summed E-state index contributed by atoms with van der Waals surface area (Å²) in [6, 6.07) is -0.0342. The maximum Gasteiger partial charge on any atom is 0.308 e. The number of methoxy groups -OCH3 is 1. The predicted molar refractivity (Wildman–Crippen MR) is 53.9 cm³/mol. The van der Waals surface area contributed by atoms with Gasteiger partial charge in [0.1, 0.15) is 6.10 Å². The number of hydrogen-bond donors (Lipinski definition) is 2. The highest BCUT2D eigenvalue weighted by molar-refractivity contribution is 5.69. The van der Waals surface area contributed by atoms with Crippen LogP contribution >= 0.6 is 0 Å². The summed E-state index contributed by atoms with van der Waals surface area (Å²) < 4.78 is 56.6. The van der Waals surface area contributed by atoms with E-state index in [1.165, 1.54) is 0 Å². The van der Waals surface area contributed by atoms with Crippen LogP contribution in [0, 0.1) is 23.3 Å². The van der Waals surface area contributed by atoms with Crippen LogP contribution in [0.4, 0.5) is 17.6 Å². The number of benzene rings is 1. The SMILES string of the molecule is COC(=O)CC(O)C(O)c1c(F)c(F)cc(F)c1F. The maximum atomic E-state index is 13.3. The molecule has 0 fully saturated rings. The molecular formula is C11H10F4O4. The van der Waals surface area contributed by atoms with Gasteiger partial charge in [0.05, 0.1) is 25.2 Å². The van der Waals surface area contributed by atoms with E-state index >= 15 is 0 Å². The van der Waals surface area contributed by atoms with Gasteiger partial charge in [-0.25, -0.2) is 17.6 Å². The third-order valence-corrected chi connectivity index (χ3v) is 2.41. The maximum absolute atomic E-state index is 13.3. The van der Waals surface area contributed by atoms with E-state index in [1.54, 1.807) is 0 Å². The first kappa shape index (κ1) is 15.4. The van der Waals surface area contributed by atoms with Crippen LogP contribution in [0.3, 0.4) is 0 Å². The second kappa shape index (κ2) is 5.98. The Balaban J connectivity index is 3.12. The van der Waals surface area contributed by atoms with Gasteiger partial charge in [0.15, 0.2) is 23.3 Å². The monoisotopic (exact) mass is 282 g/mol. The van der Waals surface area contributed by atoms with Crippen LogP contribution in [0.2, 0.25) is 0 Å². The van der Waals surface area contributed by atoms with Crippen LogP contribution < -0.4 is 0 Å². The van der Waals surface area contributed by atoms with Gasteiger partial charge in [-0.05, 0) is 0 Å². The summed E-state index contributed by atoms with van der Waals surface area (Å²) in [4.78, 5) is 10.8. The summed E-state index contributed by atoms with van der Waals surface area (Å²) in [7, 11) is 0.991. The van der Waals surface area contributed by atoms with Crippen LogP contribution in [-0.4, -0.2) is 29.4 Å². The number of hydrogen-bond acceptors (Lipinski definition) is 4. The number of aliphatic hydroxyl groups excluding tert-OH is 2. The Hall–Kier alpha value is -1.67. The smallest absolute Gasteiger partial charge is 0.308 e. The molecule has 2 atom stereocenters. The molecule has 0 aliphatic rings. The van der Waals surface area contributed by atoms with Crippen molar-refractivity contribution in [2.24, 2.45) is 0 Å². The molecule has 0 spiro atoms. The van der Waals surface area contributed by atoms with Crippen LogP contribution in [0.5, 0.6) is 0 Å². The van der Waals surface area contributed by atoms with Crippen LogP contribution in [0.15, 0.2) is 6.07 Å². The molecule has 0 heterocycles. The number of ether oxygens (including phenoxy) is 1. The first-order chi connectivity index (χ1) is 8.79. The van der Waals surface area contributed by atoms with Crippen molar-refractivity contribution in [2.75, 3.05) is 7.11 Å². The normalized spacial score (nSPS) is 14.1. The number of halogens is 4. The number of carbonyl (C=O) groups is 1. The molecule has 19 heavy (non-hydrogen) atoms. The quantitative estimate of drug-likeness (QED) is 0.495. The zero-order valence-electron chi connectivity index (χ0n) is 9.66. The average molecular weight is 282 g/mol. The summed E-state index contributed by atoms with van der Waals surface area (Å²) in [5.74, 6) is -8.09. The molecule has 2 unspecified atom stereocenters. The number of rotatable bonds is 4. The van der Waals surface area contributed by atoms with E-state index in [4.69, 9.17) is 0 Å². The van der Waals surface area contributed by atoms with E-state index in [1.807, 2.05) is 0 Å². The average Bonchev–Trinajstić information content (AvgIpc) is 2.36. The minimum Gasteiger partial charge on any atom is -0.469 e. The summed E-state index contributed by atoms with van der Waals surface area (Å²) in [6.07, 6.45) is -5.09. The van der Waals surface area contributed by atoms with E-state index in [-0.39, 0.29) is 6.07 Å². The molecular weight excluding hydrogens is 272 g/mol. The summed E-state index contributed by atoms with van der Waals surface area (Å²) in [6.45, 7) is 0. The van der Waals surface area contributed by atoms with E-state index in [2.05, 4.69) is 4.74 Å². The van der Waals surface area contributed by atoms with Crippen LogP contribution in [0.1, 0.15) is 18.1 Å². The van der Waals surface area contributed by atoms with Crippen molar-refractivity contribution in [3.8, 4) is 0 Å². The van der Waals surface area contributed by atoms with Gasteiger partial charge in [-0.2, -0.15) is 0 Å². The minimum absolute atomic E-state index is 0.0342. The molecule has 8 heteroatoms. The highest BCUT2D eigenvalue weighted by atomic mass is 19.2. The van der Waals surface area contributed by atoms with E-state index in [0.29, 0.717) is 0 Å². The van der Waals surface area contributed by atoms with Gasteiger partial charge in [-0.15, -0.1) is 0 Å². The Morgan fingerprint density at radius 3 is 2.11 bits per heavy atom. The lowest BCUT2D eigenvalue weighted by Crippen LogP contribution is -2.25. The van der Waals surface area contributed by atoms with Crippen molar-refractivity contribution in [1.82, 2.24) is 0 Å². The summed E-state index contributed by atoms with van der Waals surface area (Å²) in [5, 5.41) is 18.8. The van der Waals surface area contributed by atoms with Crippen LogP contribution in [0.25, 0.3) is 0 Å². The number of aliphatic hydroxyl groups is 2. The molecule has 0 amide bonds. The van der Waals surface area contributed by atoms with Gasteiger partial charge >= 0.3 is 5.97 Å². The molecule has 1 aromatic carbocycles. The number of esters is 1. The zero-order valence-corrected chi connectivity index (χ0v) is 9.66. The Kier molecular flexibility index (Phi) is 4.84. The Morgan fingerprint density at radius 1 is 1.21 bits per heavy atom. The minimum atomic E-state index is -2.32. The Labute approximate surface area is 105 Å². The molecule has 106 valence electrons. The second-order valence-corrected chi connectivity index (χ2v) is 3.67. The highest BCUT2D eigenvalue weighted by Crippen LogP contribution is 2.28. The van der Waals surface area contributed by atoms with Gasteiger partial charge in [-0.1, -0.05) is 0 Å². The summed E-state index contributed by atoms with van der Waals surface area (Å²) >= 11 is 0.